The molecule has 0 saturated carbocycles. The van der Waals surface area contributed by atoms with E-state index in [4.69, 9.17) is 18.9 Å². The number of ether oxygens (including phenoxy) is 4. The minimum Gasteiger partial charge on any atom is -0.493 e. The van der Waals surface area contributed by atoms with Crippen LogP contribution in [-0.4, -0.2) is 49.2 Å². The minimum absolute atomic E-state index is 0.0562. The minimum atomic E-state index is -1.01. The fourth-order valence-electron chi connectivity index (χ4n) is 3.93. The van der Waals surface area contributed by atoms with Crippen molar-refractivity contribution in [1.82, 2.24) is 10.3 Å². The second-order valence-electron chi connectivity index (χ2n) is 8.34. The molecular weight excluding hydrogens is 506 g/mol. The molecular formula is C28H25N3O8. The number of amides is 1. The number of methoxy groups -OCH3 is 3. The summed E-state index contributed by atoms with van der Waals surface area (Å²) >= 11 is 0. The predicted octanol–water partition coefficient (Wildman–Crippen LogP) is 4.47. The number of hydrogen-bond donors (Lipinski definition) is 1. The normalized spacial score (nSPS) is 11.4. The van der Waals surface area contributed by atoms with Gasteiger partial charge in [-0.15, -0.1) is 0 Å². The molecule has 0 aliphatic rings. The predicted molar refractivity (Wildman–Crippen MR) is 141 cm³/mol. The molecule has 39 heavy (non-hydrogen) atoms. The van der Waals surface area contributed by atoms with Crippen molar-refractivity contribution in [3.63, 3.8) is 0 Å². The molecule has 3 aromatic carbocycles. The largest absolute Gasteiger partial charge is 0.493 e. The summed E-state index contributed by atoms with van der Waals surface area (Å²) in [5, 5.41) is 14.4. The van der Waals surface area contributed by atoms with Crippen LogP contribution >= 0.6 is 0 Å². The highest BCUT2D eigenvalue weighted by molar-refractivity contribution is 5.97. The molecule has 1 unspecified atom stereocenters. The molecule has 0 fully saturated rings. The molecule has 0 aliphatic heterocycles. The third-order valence-corrected chi connectivity index (χ3v) is 5.91. The Hall–Kier alpha value is -5.19. The summed E-state index contributed by atoms with van der Waals surface area (Å²) in [5.74, 6) is 0.907. The van der Waals surface area contributed by atoms with Gasteiger partial charge in [0.2, 0.25) is 0 Å². The van der Waals surface area contributed by atoms with Crippen LogP contribution in [0.4, 0.5) is 5.69 Å². The number of nitro groups is 1. The smallest absolute Gasteiger partial charge is 0.328 e. The van der Waals surface area contributed by atoms with Gasteiger partial charge in [-0.1, -0.05) is 18.2 Å². The topological polar surface area (TPSA) is 139 Å². The molecule has 0 saturated heterocycles. The molecule has 1 amide bonds. The molecule has 4 aromatic rings. The van der Waals surface area contributed by atoms with Crippen LogP contribution in [0.15, 0.2) is 72.9 Å². The number of carbonyl (C=O) groups is 2. The molecule has 1 atom stereocenters. The highest BCUT2D eigenvalue weighted by Crippen LogP contribution is 2.36. The van der Waals surface area contributed by atoms with Crippen molar-refractivity contribution in [2.45, 2.75) is 12.5 Å². The summed E-state index contributed by atoms with van der Waals surface area (Å²) in [6.45, 7) is 0. The number of pyridine rings is 1. The molecule has 200 valence electrons. The van der Waals surface area contributed by atoms with Crippen LogP contribution in [0.3, 0.4) is 0 Å². The standard InChI is InChI=1S/C28H25N3O8/c1-36-25-15-21-22(16-26(25)37-2)29-12-11-24(21)39-20-9-7-17(8-10-20)13-23(28(33)38-3)30-27(32)18-5-4-6-19(14-18)31(34)35/h4-12,14-16,23H,13H2,1-3H3,(H,30,32). The number of carbonyl (C=O) groups excluding carboxylic acids is 2. The first kappa shape index (κ1) is 26.9. The number of rotatable bonds is 10. The monoisotopic (exact) mass is 531 g/mol. The van der Waals surface area contributed by atoms with Crippen molar-refractivity contribution in [3.05, 3.63) is 94.2 Å². The first-order valence-electron chi connectivity index (χ1n) is 11.7. The number of nitrogens with zero attached hydrogens (tertiary/aromatic N) is 2. The average Bonchev–Trinajstić information content (AvgIpc) is 2.96. The molecule has 1 aromatic heterocycles. The summed E-state index contributed by atoms with van der Waals surface area (Å²) in [6.07, 6.45) is 1.76. The lowest BCUT2D eigenvalue weighted by atomic mass is 10.0. The van der Waals surface area contributed by atoms with Crippen LogP contribution in [0, 0.1) is 10.1 Å². The maximum atomic E-state index is 12.7. The Morgan fingerprint density at radius 2 is 1.67 bits per heavy atom. The summed E-state index contributed by atoms with van der Waals surface area (Å²) in [6, 6.07) is 16.5. The van der Waals surface area contributed by atoms with Crippen molar-refractivity contribution in [2.24, 2.45) is 0 Å². The Bertz CT molecular complexity index is 1520. The third kappa shape index (κ3) is 6.21. The van der Waals surface area contributed by atoms with Crippen molar-refractivity contribution < 1.29 is 33.5 Å². The number of nitrogens with one attached hydrogen (secondary N) is 1. The lowest BCUT2D eigenvalue weighted by Crippen LogP contribution is -2.43. The summed E-state index contributed by atoms with van der Waals surface area (Å²) in [5.41, 5.74) is 1.22. The Balaban J connectivity index is 1.50. The van der Waals surface area contributed by atoms with Gasteiger partial charge in [0.15, 0.2) is 11.5 Å². The van der Waals surface area contributed by atoms with Gasteiger partial charge in [-0.05, 0) is 35.9 Å². The van der Waals surface area contributed by atoms with Gasteiger partial charge in [0.25, 0.3) is 11.6 Å². The van der Waals surface area contributed by atoms with Gasteiger partial charge < -0.3 is 24.3 Å². The van der Waals surface area contributed by atoms with Crippen LogP contribution in [0.5, 0.6) is 23.0 Å². The van der Waals surface area contributed by atoms with Crippen LogP contribution in [0.2, 0.25) is 0 Å². The third-order valence-electron chi connectivity index (χ3n) is 5.91. The number of fused-ring (bicyclic) bond motifs is 1. The van der Waals surface area contributed by atoms with Gasteiger partial charge >= 0.3 is 5.97 Å². The fraction of sp³-hybridized carbons (Fsp3) is 0.179. The Morgan fingerprint density at radius 3 is 2.33 bits per heavy atom. The van der Waals surface area contributed by atoms with E-state index in [9.17, 15) is 19.7 Å². The maximum absolute atomic E-state index is 12.7. The molecule has 0 bridgehead atoms. The summed E-state index contributed by atoms with van der Waals surface area (Å²) in [4.78, 5) is 39.9. The first-order valence-corrected chi connectivity index (χ1v) is 11.7. The van der Waals surface area contributed by atoms with Crippen LogP contribution < -0.4 is 19.5 Å². The van der Waals surface area contributed by atoms with Crippen molar-refractivity contribution >= 4 is 28.5 Å². The fourth-order valence-corrected chi connectivity index (χ4v) is 3.93. The molecule has 0 spiro atoms. The van der Waals surface area contributed by atoms with Gasteiger partial charge in [-0.2, -0.15) is 0 Å². The van der Waals surface area contributed by atoms with Crippen molar-refractivity contribution in [2.75, 3.05) is 21.3 Å². The molecule has 1 heterocycles. The van der Waals surface area contributed by atoms with E-state index in [1.807, 2.05) is 0 Å². The van der Waals surface area contributed by atoms with E-state index in [1.54, 1.807) is 62.9 Å². The number of esters is 1. The van der Waals surface area contributed by atoms with Gasteiger partial charge in [-0.25, -0.2) is 4.79 Å². The Kier molecular flexibility index (Phi) is 8.20. The van der Waals surface area contributed by atoms with E-state index in [0.717, 1.165) is 17.0 Å². The first-order chi connectivity index (χ1) is 18.8. The number of hydrogen-bond acceptors (Lipinski definition) is 9. The van der Waals surface area contributed by atoms with E-state index >= 15 is 0 Å². The Morgan fingerprint density at radius 1 is 0.949 bits per heavy atom. The average molecular weight is 532 g/mol. The zero-order valence-corrected chi connectivity index (χ0v) is 21.4. The van der Waals surface area contributed by atoms with E-state index in [1.165, 1.54) is 25.3 Å². The van der Waals surface area contributed by atoms with Crippen LogP contribution in [0.25, 0.3) is 10.9 Å². The molecule has 1 N–H and O–H groups in total. The van der Waals surface area contributed by atoms with Crippen LogP contribution in [0.1, 0.15) is 15.9 Å². The van der Waals surface area contributed by atoms with Crippen LogP contribution in [-0.2, 0) is 16.0 Å². The number of benzene rings is 3. The SMILES string of the molecule is COC(=O)C(Cc1ccc(Oc2ccnc3cc(OC)c(OC)cc23)cc1)NC(=O)c1cccc([N+](=O)[O-])c1. The quantitative estimate of drug-likeness (QED) is 0.178. The lowest BCUT2D eigenvalue weighted by Gasteiger charge is -2.17. The molecule has 0 aliphatic carbocycles. The second-order valence-corrected chi connectivity index (χ2v) is 8.34. The molecule has 11 nitrogen and oxygen atoms in total. The van der Waals surface area contributed by atoms with E-state index < -0.39 is 22.8 Å². The lowest BCUT2D eigenvalue weighted by molar-refractivity contribution is -0.384. The second kappa shape index (κ2) is 11.9. The van der Waals surface area contributed by atoms with E-state index in [0.29, 0.717) is 28.5 Å². The Labute approximate surface area is 223 Å². The number of nitro benzene ring substituents is 1. The summed E-state index contributed by atoms with van der Waals surface area (Å²) < 4.78 is 21.7. The van der Waals surface area contributed by atoms with Gasteiger partial charge in [0.1, 0.15) is 17.5 Å². The zero-order chi connectivity index (χ0) is 27.9. The van der Waals surface area contributed by atoms with E-state index in [-0.39, 0.29) is 17.7 Å². The van der Waals surface area contributed by atoms with Gasteiger partial charge in [0, 0.05) is 41.8 Å². The molecule has 4 rings (SSSR count). The maximum Gasteiger partial charge on any atom is 0.328 e. The van der Waals surface area contributed by atoms with Gasteiger partial charge in [0.05, 0.1) is 31.8 Å². The van der Waals surface area contributed by atoms with Crippen molar-refractivity contribution in [3.8, 4) is 23.0 Å². The molecule has 11 heteroatoms. The summed E-state index contributed by atoms with van der Waals surface area (Å²) in [7, 11) is 4.32. The number of non-ortho nitro benzene ring substituents is 1. The van der Waals surface area contributed by atoms with Gasteiger partial charge in [-0.3, -0.25) is 19.9 Å². The highest BCUT2D eigenvalue weighted by Gasteiger charge is 2.23. The van der Waals surface area contributed by atoms with E-state index in [2.05, 4.69) is 10.3 Å². The highest BCUT2D eigenvalue weighted by atomic mass is 16.6. The van der Waals surface area contributed by atoms with Crippen molar-refractivity contribution in [1.29, 1.82) is 0 Å². The molecule has 0 radical (unpaired) electrons. The zero-order valence-electron chi connectivity index (χ0n) is 21.4. The number of aromatic nitrogens is 1.